The van der Waals surface area contributed by atoms with Gasteiger partial charge in [-0.3, -0.25) is 4.79 Å². The molecular formula is C21H27N3OS. The highest BCUT2D eigenvalue weighted by atomic mass is 32.2. The van der Waals surface area contributed by atoms with Gasteiger partial charge in [0.15, 0.2) is 0 Å². The molecule has 1 fully saturated rings. The monoisotopic (exact) mass is 369 g/mol. The predicted molar refractivity (Wildman–Crippen MR) is 111 cm³/mol. The number of rotatable bonds is 5. The number of thioether (sulfide) groups is 1. The fourth-order valence-electron chi connectivity index (χ4n) is 3.04. The highest BCUT2D eigenvalue weighted by Crippen LogP contribution is 2.26. The summed E-state index contributed by atoms with van der Waals surface area (Å²) in [7, 11) is 2.16. The molecule has 2 aromatic rings. The van der Waals surface area contributed by atoms with Crippen LogP contribution in [0.5, 0.6) is 0 Å². The molecule has 26 heavy (non-hydrogen) atoms. The normalized spacial score (nSPS) is 16.3. The molecule has 1 aliphatic rings. The Morgan fingerprint density at radius 3 is 2.42 bits per heavy atom. The minimum absolute atomic E-state index is 0.0364. The highest BCUT2D eigenvalue weighted by molar-refractivity contribution is 8.00. The molecule has 1 saturated heterocycles. The molecule has 1 unspecified atom stereocenters. The van der Waals surface area contributed by atoms with E-state index in [2.05, 4.69) is 41.2 Å². The van der Waals surface area contributed by atoms with Gasteiger partial charge in [0.05, 0.1) is 5.25 Å². The van der Waals surface area contributed by atoms with Gasteiger partial charge < -0.3 is 15.1 Å². The molecule has 0 aromatic heterocycles. The lowest BCUT2D eigenvalue weighted by Crippen LogP contribution is -2.44. The molecule has 1 aliphatic heterocycles. The number of carbonyl (C=O) groups is 1. The third-order valence-electron chi connectivity index (χ3n) is 4.76. The maximum atomic E-state index is 12.5. The Hall–Kier alpha value is -1.98. The number of likely N-dealkylation sites (N-methyl/N-ethyl adjacent to an activating group) is 1. The number of piperazine rings is 1. The number of hydrogen-bond acceptors (Lipinski definition) is 4. The number of anilines is 2. The maximum Gasteiger partial charge on any atom is 0.237 e. The molecule has 0 aliphatic carbocycles. The number of nitrogens with one attached hydrogen (secondary N) is 1. The molecule has 0 bridgehead atoms. The quantitative estimate of drug-likeness (QED) is 0.812. The molecule has 3 rings (SSSR count). The first-order valence-electron chi connectivity index (χ1n) is 9.09. The Labute approximate surface area is 160 Å². The molecule has 0 radical (unpaired) electrons. The van der Waals surface area contributed by atoms with Gasteiger partial charge in [0.2, 0.25) is 5.91 Å². The molecule has 138 valence electrons. The fourth-order valence-corrected chi connectivity index (χ4v) is 3.93. The van der Waals surface area contributed by atoms with Crippen LogP contribution in [0.25, 0.3) is 0 Å². The number of amides is 1. The number of aryl methyl sites for hydroxylation is 1. The van der Waals surface area contributed by atoms with Gasteiger partial charge in [-0.15, -0.1) is 11.8 Å². The number of nitrogens with zero attached hydrogens (tertiary/aromatic N) is 2. The van der Waals surface area contributed by atoms with Crippen LogP contribution >= 0.6 is 11.8 Å². The van der Waals surface area contributed by atoms with E-state index >= 15 is 0 Å². The molecule has 0 spiro atoms. The molecular weight excluding hydrogens is 342 g/mol. The first-order valence-corrected chi connectivity index (χ1v) is 9.97. The highest BCUT2D eigenvalue weighted by Gasteiger charge is 2.17. The van der Waals surface area contributed by atoms with E-state index in [1.165, 1.54) is 5.69 Å². The standard InChI is InChI=1S/C21H27N3OS/c1-16-15-18(24-13-11-23(3)12-14-24)9-10-20(16)22-21(25)17(2)26-19-7-5-4-6-8-19/h4-10,15,17H,11-14H2,1-3H3,(H,22,25). The van der Waals surface area contributed by atoms with Crippen LogP contribution in [0.15, 0.2) is 53.4 Å². The van der Waals surface area contributed by atoms with Crippen molar-refractivity contribution in [3.8, 4) is 0 Å². The zero-order valence-corrected chi connectivity index (χ0v) is 16.6. The van der Waals surface area contributed by atoms with Crippen molar-refractivity contribution >= 4 is 29.0 Å². The predicted octanol–water partition coefficient (Wildman–Crippen LogP) is 3.87. The lowest BCUT2D eigenvalue weighted by atomic mass is 10.1. The average Bonchev–Trinajstić information content (AvgIpc) is 2.64. The van der Waals surface area contributed by atoms with Crippen LogP contribution in [-0.4, -0.2) is 49.3 Å². The van der Waals surface area contributed by atoms with E-state index in [-0.39, 0.29) is 11.2 Å². The molecule has 1 amide bonds. The van der Waals surface area contributed by atoms with E-state index in [1.54, 1.807) is 11.8 Å². The first kappa shape index (κ1) is 18.8. The minimum atomic E-state index is -0.144. The van der Waals surface area contributed by atoms with E-state index < -0.39 is 0 Å². The summed E-state index contributed by atoms with van der Waals surface area (Å²) < 4.78 is 0. The fraction of sp³-hybridized carbons (Fsp3) is 0.381. The maximum absolute atomic E-state index is 12.5. The first-order chi connectivity index (χ1) is 12.5. The summed E-state index contributed by atoms with van der Waals surface area (Å²) in [6.07, 6.45) is 0. The Morgan fingerprint density at radius 2 is 1.77 bits per heavy atom. The van der Waals surface area contributed by atoms with E-state index in [0.29, 0.717) is 0 Å². The van der Waals surface area contributed by atoms with Crippen molar-refractivity contribution in [1.82, 2.24) is 4.90 Å². The van der Waals surface area contributed by atoms with Gasteiger partial charge in [-0.1, -0.05) is 18.2 Å². The van der Waals surface area contributed by atoms with E-state index in [1.807, 2.05) is 43.3 Å². The third kappa shape index (κ3) is 4.80. The van der Waals surface area contributed by atoms with Crippen molar-refractivity contribution in [2.75, 3.05) is 43.4 Å². The van der Waals surface area contributed by atoms with Gasteiger partial charge in [0.25, 0.3) is 0 Å². The van der Waals surface area contributed by atoms with Crippen LogP contribution < -0.4 is 10.2 Å². The molecule has 1 atom stereocenters. The van der Waals surface area contributed by atoms with Crippen molar-refractivity contribution in [2.45, 2.75) is 24.0 Å². The topological polar surface area (TPSA) is 35.6 Å². The van der Waals surface area contributed by atoms with Gasteiger partial charge >= 0.3 is 0 Å². The third-order valence-corrected chi connectivity index (χ3v) is 5.87. The summed E-state index contributed by atoms with van der Waals surface area (Å²) in [5.74, 6) is 0.0364. The van der Waals surface area contributed by atoms with Crippen molar-refractivity contribution in [3.05, 3.63) is 54.1 Å². The van der Waals surface area contributed by atoms with Crippen molar-refractivity contribution in [1.29, 1.82) is 0 Å². The van der Waals surface area contributed by atoms with E-state index in [0.717, 1.165) is 42.3 Å². The largest absolute Gasteiger partial charge is 0.369 e. The summed E-state index contributed by atoms with van der Waals surface area (Å²) in [5.41, 5.74) is 3.24. The number of carbonyl (C=O) groups excluding carboxylic acids is 1. The molecule has 4 nitrogen and oxygen atoms in total. The van der Waals surface area contributed by atoms with E-state index in [9.17, 15) is 4.79 Å². The molecule has 1 heterocycles. The summed E-state index contributed by atoms with van der Waals surface area (Å²) in [6, 6.07) is 16.4. The number of hydrogen-bond donors (Lipinski definition) is 1. The Balaban J connectivity index is 1.61. The second kappa shape index (κ2) is 8.60. The van der Waals surface area contributed by atoms with Gasteiger partial charge in [-0.05, 0) is 56.8 Å². The summed E-state index contributed by atoms with van der Waals surface area (Å²) in [5, 5.41) is 2.94. The zero-order valence-electron chi connectivity index (χ0n) is 15.7. The van der Waals surface area contributed by atoms with Crippen molar-refractivity contribution in [3.63, 3.8) is 0 Å². The molecule has 0 saturated carbocycles. The summed E-state index contributed by atoms with van der Waals surface area (Å²) in [6.45, 7) is 8.28. The lowest BCUT2D eigenvalue weighted by molar-refractivity contribution is -0.115. The summed E-state index contributed by atoms with van der Waals surface area (Å²) in [4.78, 5) is 18.4. The Kier molecular flexibility index (Phi) is 6.22. The smallest absolute Gasteiger partial charge is 0.237 e. The average molecular weight is 370 g/mol. The van der Waals surface area contributed by atoms with Gasteiger partial charge in [0, 0.05) is 42.4 Å². The lowest BCUT2D eigenvalue weighted by Gasteiger charge is -2.34. The minimum Gasteiger partial charge on any atom is -0.369 e. The Bertz CT molecular complexity index is 742. The van der Waals surface area contributed by atoms with Crippen LogP contribution in [0.4, 0.5) is 11.4 Å². The van der Waals surface area contributed by atoms with Gasteiger partial charge in [-0.2, -0.15) is 0 Å². The second-order valence-electron chi connectivity index (χ2n) is 6.85. The number of benzene rings is 2. The van der Waals surface area contributed by atoms with Crippen LogP contribution in [-0.2, 0) is 4.79 Å². The van der Waals surface area contributed by atoms with Crippen LogP contribution in [0, 0.1) is 6.92 Å². The van der Waals surface area contributed by atoms with Crippen LogP contribution in [0.3, 0.4) is 0 Å². The van der Waals surface area contributed by atoms with Crippen molar-refractivity contribution < 1.29 is 4.79 Å². The van der Waals surface area contributed by atoms with Crippen LogP contribution in [0.1, 0.15) is 12.5 Å². The van der Waals surface area contributed by atoms with Gasteiger partial charge in [0.1, 0.15) is 0 Å². The van der Waals surface area contributed by atoms with E-state index in [4.69, 9.17) is 0 Å². The molecule has 5 heteroatoms. The van der Waals surface area contributed by atoms with Crippen molar-refractivity contribution in [2.24, 2.45) is 0 Å². The van der Waals surface area contributed by atoms with Crippen LogP contribution in [0.2, 0.25) is 0 Å². The second-order valence-corrected chi connectivity index (χ2v) is 8.27. The van der Waals surface area contributed by atoms with Gasteiger partial charge in [-0.25, -0.2) is 0 Å². The zero-order chi connectivity index (χ0) is 18.5. The molecule has 2 aromatic carbocycles. The Morgan fingerprint density at radius 1 is 1.08 bits per heavy atom. The summed E-state index contributed by atoms with van der Waals surface area (Å²) >= 11 is 1.58. The SMILES string of the molecule is Cc1cc(N2CCN(C)CC2)ccc1NC(=O)C(C)Sc1ccccc1. The molecule has 1 N–H and O–H groups in total.